The van der Waals surface area contributed by atoms with Crippen molar-refractivity contribution >= 4 is 51.5 Å². The number of benzene rings is 1. The Kier molecular flexibility index (Phi) is 4.87. The van der Waals surface area contributed by atoms with Gasteiger partial charge in [-0.25, -0.2) is 9.37 Å². The van der Waals surface area contributed by atoms with Crippen LogP contribution in [0.5, 0.6) is 0 Å². The molecule has 2 aromatic heterocycles. The number of pyridine rings is 2. The van der Waals surface area contributed by atoms with E-state index in [1.54, 1.807) is 18.3 Å². The molecule has 4 rings (SSSR count). The van der Waals surface area contributed by atoms with Crippen LogP contribution in [0.2, 0.25) is 5.02 Å². The van der Waals surface area contributed by atoms with Crippen molar-refractivity contribution in [2.45, 2.75) is 6.54 Å². The number of carbonyl (C=O) groups excluding carboxylic acids is 1. The minimum atomic E-state index is -0.400. The predicted octanol–water partition coefficient (Wildman–Crippen LogP) is 4.18. The van der Waals surface area contributed by atoms with Crippen LogP contribution in [0.4, 0.5) is 4.39 Å². The van der Waals surface area contributed by atoms with Gasteiger partial charge in [0.05, 0.1) is 28.2 Å². The molecule has 5 nitrogen and oxygen atoms in total. The van der Waals surface area contributed by atoms with E-state index in [1.807, 2.05) is 24.3 Å². The highest BCUT2D eigenvalue weighted by molar-refractivity contribution is 8.18. The van der Waals surface area contributed by atoms with Gasteiger partial charge < -0.3 is 5.32 Å². The molecule has 0 aliphatic carbocycles. The lowest BCUT2D eigenvalue weighted by Crippen LogP contribution is -2.19. The van der Waals surface area contributed by atoms with Crippen LogP contribution in [0, 0.1) is 5.82 Å². The predicted molar refractivity (Wildman–Crippen MR) is 106 cm³/mol. The van der Waals surface area contributed by atoms with Gasteiger partial charge in [-0.2, -0.15) is 0 Å². The number of nitrogens with one attached hydrogen (secondary N) is 1. The first-order valence-electron chi connectivity index (χ1n) is 7.99. The van der Waals surface area contributed by atoms with E-state index >= 15 is 0 Å². The summed E-state index contributed by atoms with van der Waals surface area (Å²) in [4.78, 5) is 25.7. The van der Waals surface area contributed by atoms with Crippen LogP contribution in [0.15, 0.2) is 58.6 Å². The quantitative estimate of drug-likeness (QED) is 0.672. The van der Waals surface area contributed by atoms with Gasteiger partial charge in [-0.1, -0.05) is 17.7 Å². The summed E-state index contributed by atoms with van der Waals surface area (Å²) in [5.74, 6) is -0.639. The molecule has 0 bridgehead atoms. The lowest BCUT2D eigenvalue weighted by Gasteiger charge is -2.01. The van der Waals surface area contributed by atoms with Crippen molar-refractivity contribution in [3.8, 4) is 0 Å². The first kappa shape index (κ1) is 17.6. The average molecular weight is 399 g/mol. The molecule has 1 aliphatic rings. The molecule has 27 heavy (non-hydrogen) atoms. The number of amidine groups is 1. The third-order valence-corrected chi connectivity index (χ3v) is 5.12. The first-order valence-corrected chi connectivity index (χ1v) is 9.19. The van der Waals surface area contributed by atoms with Crippen LogP contribution >= 0.6 is 23.4 Å². The van der Waals surface area contributed by atoms with Crippen molar-refractivity contribution in [2.75, 3.05) is 0 Å². The molecule has 1 aromatic carbocycles. The maximum atomic E-state index is 13.1. The zero-order valence-corrected chi connectivity index (χ0v) is 15.4. The molecule has 134 valence electrons. The highest BCUT2D eigenvalue weighted by atomic mass is 35.5. The molecule has 1 fully saturated rings. The standard InChI is InChI=1S/C19H12ClFN4OS/c20-14-8-12(21)4-3-11(14)10-23-19-25-18(26)17(27-19)9-13-5-6-15-16(24-13)2-1-7-22-15/h1-9H,10H2,(H,23,25,26)/b17-9+. The van der Waals surface area contributed by atoms with Gasteiger partial charge in [-0.05, 0) is 59.8 Å². The van der Waals surface area contributed by atoms with Gasteiger partial charge in [-0.3, -0.25) is 14.8 Å². The molecule has 0 spiro atoms. The summed E-state index contributed by atoms with van der Waals surface area (Å²) >= 11 is 7.22. The number of hydrogen-bond donors (Lipinski definition) is 1. The molecule has 3 heterocycles. The number of carbonyl (C=O) groups is 1. The second-order valence-electron chi connectivity index (χ2n) is 5.70. The molecule has 0 radical (unpaired) electrons. The number of amides is 1. The Labute approximate surface area is 163 Å². The second-order valence-corrected chi connectivity index (χ2v) is 7.14. The van der Waals surface area contributed by atoms with Crippen molar-refractivity contribution in [3.63, 3.8) is 0 Å². The largest absolute Gasteiger partial charge is 0.301 e. The summed E-state index contributed by atoms with van der Waals surface area (Å²) in [6.45, 7) is 0.245. The molecule has 0 saturated carbocycles. The van der Waals surface area contributed by atoms with E-state index in [1.165, 1.54) is 23.9 Å². The molecule has 3 aromatic rings. The van der Waals surface area contributed by atoms with Crippen molar-refractivity contribution < 1.29 is 9.18 Å². The lowest BCUT2D eigenvalue weighted by molar-refractivity contribution is -0.115. The SMILES string of the molecule is O=C1NC(=NCc2ccc(F)cc2Cl)S/C1=C/c1ccc2ncccc2n1. The van der Waals surface area contributed by atoms with E-state index in [0.29, 0.717) is 26.4 Å². The zero-order valence-electron chi connectivity index (χ0n) is 13.8. The van der Waals surface area contributed by atoms with E-state index in [0.717, 1.165) is 11.0 Å². The molecule has 1 aliphatic heterocycles. The van der Waals surface area contributed by atoms with E-state index in [2.05, 4.69) is 20.3 Å². The Balaban J connectivity index is 1.53. The minimum Gasteiger partial charge on any atom is -0.301 e. The fraction of sp³-hybridized carbons (Fsp3) is 0.0526. The second kappa shape index (κ2) is 7.46. The molecule has 0 unspecified atom stereocenters. The average Bonchev–Trinajstić information content (AvgIpc) is 3.00. The van der Waals surface area contributed by atoms with E-state index in [4.69, 9.17) is 11.6 Å². The highest BCUT2D eigenvalue weighted by Crippen LogP contribution is 2.27. The van der Waals surface area contributed by atoms with E-state index in [-0.39, 0.29) is 12.5 Å². The molecular weight excluding hydrogens is 387 g/mol. The fourth-order valence-corrected chi connectivity index (χ4v) is 3.53. The molecule has 8 heteroatoms. The Morgan fingerprint density at radius 3 is 2.96 bits per heavy atom. The van der Waals surface area contributed by atoms with E-state index < -0.39 is 5.82 Å². The number of aromatic nitrogens is 2. The first-order chi connectivity index (χ1) is 13.1. The van der Waals surface area contributed by atoms with Gasteiger partial charge in [-0.15, -0.1) is 0 Å². The zero-order chi connectivity index (χ0) is 18.8. The summed E-state index contributed by atoms with van der Waals surface area (Å²) in [5, 5.41) is 3.48. The maximum absolute atomic E-state index is 13.1. The normalized spacial score (nSPS) is 17.0. The van der Waals surface area contributed by atoms with Crippen LogP contribution in [0.1, 0.15) is 11.3 Å². The number of rotatable bonds is 3. The maximum Gasteiger partial charge on any atom is 0.264 e. The van der Waals surface area contributed by atoms with Crippen LogP contribution in [0.3, 0.4) is 0 Å². The third-order valence-electron chi connectivity index (χ3n) is 3.82. The number of aliphatic imine (C=N–C) groups is 1. The Hall–Kier alpha value is -2.77. The summed E-state index contributed by atoms with van der Waals surface area (Å²) in [6, 6.07) is 11.5. The molecule has 1 N–H and O–H groups in total. The molecule has 1 amide bonds. The topological polar surface area (TPSA) is 67.2 Å². The molecular formula is C19H12ClFN4OS. The van der Waals surface area contributed by atoms with Gasteiger partial charge in [0.1, 0.15) is 5.82 Å². The van der Waals surface area contributed by atoms with Gasteiger partial charge in [0, 0.05) is 11.2 Å². The van der Waals surface area contributed by atoms with Gasteiger partial charge in [0.25, 0.3) is 5.91 Å². The number of halogens is 2. The van der Waals surface area contributed by atoms with Crippen LogP contribution in [-0.2, 0) is 11.3 Å². The number of nitrogens with zero attached hydrogens (tertiary/aromatic N) is 3. The monoisotopic (exact) mass is 398 g/mol. The van der Waals surface area contributed by atoms with E-state index in [9.17, 15) is 9.18 Å². The van der Waals surface area contributed by atoms with Crippen molar-refractivity contribution in [1.29, 1.82) is 0 Å². The minimum absolute atomic E-state index is 0.239. The third kappa shape index (κ3) is 3.99. The van der Waals surface area contributed by atoms with Gasteiger partial charge >= 0.3 is 0 Å². The Morgan fingerprint density at radius 1 is 1.22 bits per heavy atom. The number of hydrogen-bond acceptors (Lipinski definition) is 5. The summed E-state index contributed by atoms with van der Waals surface area (Å²) < 4.78 is 13.1. The molecule has 1 saturated heterocycles. The van der Waals surface area contributed by atoms with Crippen LogP contribution < -0.4 is 5.32 Å². The van der Waals surface area contributed by atoms with Crippen LogP contribution in [0.25, 0.3) is 17.1 Å². The van der Waals surface area contributed by atoms with Crippen molar-refractivity contribution in [2.24, 2.45) is 4.99 Å². The summed E-state index contributed by atoms with van der Waals surface area (Å²) in [6.07, 6.45) is 3.42. The smallest absolute Gasteiger partial charge is 0.264 e. The van der Waals surface area contributed by atoms with Crippen molar-refractivity contribution in [1.82, 2.24) is 15.3 Å². The molecule has 0 atom stereocenters. The number of fused-ring (bicyclic) bond motifs is 1. The Bertz CT molecular complexity index is 1120. The van der Waals surface area contributed by atoms with Crippen molar-refractivity contribution in [3.05, 3.63) is 75.7 Å². The van der Waals surface area contributed by atoms with Gasteiger partial charge in [0.2, 0.25) is 0 Å². The lowest BCUT2D eigenvalue weighted by atomic mass is 10.2. The Morgan fingerprint density at radius 2 is 2.11 bits per heavy atom. The summed E-state index contributed by atoms with van der Waals surface area (Å²) in [5.41, 5.74) is 2.90. The fourth-order valence-electron chi connectivity index (χ4n) is 2.50. The summed E-state index contributed by atoms with van der Waals surface area (Å²) in [7, 11) is 0. The highest BCUT2D eigenvalue weighted by Gasteiger charge is 2.23. The van der Waals surface area contributed by atoms with Gasteiger partial charge in [0.15, 0.2) is 5.17 Å². The number of thioether (sulfide) groups is 1. The van der Waals surface area contributed by atoms with Crippen LogP contribution in [-0.4, -0.2) is 21.0 Å².